The lowest BCUT2D eigenvalue weighted by atomic mass is 10.1. The lowest BCUT2D eigenvalue weighted by Gasteiger charge is -2.13. The van der Waals surface area contributed by atoms with Gasteiger partial charge in [0.2, 0.25) is 0 Å². The molecule has 1 aromatic carbocycles. The largest absolute Gasteiger partial charge is 0.468 e. The van der Waals surface area contributed by atoms with Crippen molar-refractivity contribution in [3.63, 3.8) is 0 Å². The molecule has 1 heterocycles. The highest BCUT2D eigenvalue weighted by atomic mass is 16.3. The minimum atomic E-state index is 0.333. The Kier molecular flexibility index (Phi) is 3.64. The standard InChI is InChI=1S/C15H19NO/c1-11-4-6-14(7-5-11)13(3)16-10-15-12(2)8-9-17-15/h4-9,13,16H,10H2,1-3H3/t13-/m0/s1. The molecule has 0 aliphatic heterocycles. The van der Waals surface area contributed by atoms with E-state index in [0.717, 1.165) is 12.3 Å². The summed E-state index contributed by atoms with van der Waals surface area (Å²) in [6.45, 7) is 7.11. The average molecular weight is 229 g/mol. The van der Waals surface area contributed by atoms with Crippen LogP contribution in [0.25, 0.3) is 0 Å². The fourth-order valence-corrected chi connectivity index (χ4v) is 1.80. The molecule has 0 bridgehead atoms. The van der Waals surface area contributed by atoms with E-state index in [1.807, 2.05) is 6.07 Å². The second-order valence-corrected chi connectivity index (χ2v) is 4.54. The first-order valence-electron chi connectivity index (χ1n) is 6.00. The molecule has 17 heavy (non-hydrogen) atoms. The fourth-order valence-electron chi connectivity index (χ4n) is 1.80. The Balaban J connectivity index is 1.95. The van der Waals surface area contributed by atoms with Gasteiger partial charge in [0.1, 0.15) is 5.76 Å². The van der Waals surface area contributed by atoms with Crippen molar-refractivity contribution < 1.29 is 4.42 Å². The number of nitrogens with one attached hydrogen (secondary N) is 1. The normalized spacial score (nSPS) is 12.6. The van der Waals surface area contributed by atoms with Crippen LogP contribution in [0.1, 0.15) is 35.4 Å². The Morgan fingerprint density at radius 1 is 1.12 bits per heavy atom. The van der Waals surface area contributed by atoms with Crippen molar-refractivity contribution in [2.45, 2.75) is 33.4 Å². The third-order valence-electron chi connectivity index (χ3n) is 3.11. The van der Waals surface area contributed by atoms with Crippen LogP contribution in [0, 0.1) is 13.8 Å². The molecule has 2 rings (SSSR count). The molecule has 2 nitrogen and oxygen atoms in total. The van der Waals surface area contributed by atoms with Gasteiger partial charge in [-0.25, -0.2) is 0 Å². The molecule has 0 saturated heterocycles. The van der Waals surface area contributed by atoms with Crippen LogP contribution in [-0.4, -0.2) is 0 Å². The van der Waals surface area contributed by atoms with E-state index in [1.165, 1.54) is 16.7 Å². The first-order chi connectivity index (χ1) is 8.16. The highest BCUT2D eigenvalue weighted by Crippen LogP contribution is 2.15. The van der Waals surface area contributed by atoms with E-state index in [9.17, 15) is 0 Å². The van der Waals surface area contributed by atoms with Crippen LogP contribution < -0.4 is 5.32 Å². The number of benzene rings is 1. The van der Waals surface area contributed by atoms with Crippen LogP contribution >= 0.6 is 0 Å². The summed E-state index contributed by atoms with van der Waals surface area (Å²) < 4.78 is 5.41. The third kappa shape index (κ3) is 2.98. The van der Waals surface area contributed by atoms with Crippen LogP contribution in [0.5, 0.6) is 0 Å². The molecule has 0 spiro atoms. The summed E-state index contributed by atoms with van der Waals surface area (Å²) in [5, 5.41) is 3.47. The Morgan fingerprint density at radius 3 is 2.41 bits per heavy atom. The molecule has 90 valence electrons. The predicted molar refractivity (Wildman–Crippen MR) is 69.9 cm³/mol. The molecule has 1 aromatic heterocycles. The summed E-state index contributed by atoms with van der Waals surface area (Å²) >= 11 is 0. The molecule has 0 saturated carbocycles. The van der Waals surface area contributed by atoms with E-state index in [0.29, 0.717) is 6.04 Å². The van der Waals surface area contributed by atoms with Crippen molar-refractivity contribution in [2.24, 2.45) is 0 Å². The number of hydrogen-bond acceptors (Lipinski definition) is 2. The second kappa shape index (κ2) is 5.19. The van der Waals surface area contributed by atoms with E-state index in [4.69, 9.17) is 4.42 Å². The Labute approximate surface area is 103 Å². The minimum absolute atomic E-state index is 0.333. The lowest BCUT2D eigenvalue weighted by molar-refractivity contribution is 0.458. The van der Waals surface area contributed by atoms with E-state index >= 15 is 0 Å². The topological polar surface area (TPSA) is 25.2 Å². The van der Waals surface area contributed by atoms with E-state index < -0.39 is 0 Å². The minimum Gasteiger partial charge on any atom is -0.468 e. The van der Waals surface area contributed by atoms with Crippen molar-refractivity contribution in [3.05, 3.63) is 59.0 Å². The highest BCUT2D eigenvalue weighted by Gasteiger charge is 2.07. The first kappa shape index (κ1) is 11.9. The van der Waals surface area contributed by atoms with Gasteiger partial charge in [0.05, 0.1) is 12.8 Å². The van der Waals surface area contributed by atoms with Gasteiger partial charge >= 0.3 is 0 Å². The number of furan rings is 1. The van der Waals surface area contributed by atoms with Crippen LogP contribution in [-0.2, 0) is 6.54 Å². The fraction of sp³-hybridized carbons (Fsp3) is 0.333. The van der Waals surface area contributed by atoms with Crippen molar-refractivity contribution in [2.75, 3.05) is 0 Å². The zero-order valence-corrected chi connectivity index (χ0v) is 10.7. The summed E-state index contributed by atoms with van der Waals surface area (Å²) in [6, 6.07) is 11.0. The number of aryl methyl sites for hydroxylation is 2. The molecule has 0 amide bonds. The van der Waals surface area contributed by atoms with E-state index in [2.05, 4.69) is 50.4 Å². The quantitative estimate of drug-likeness (QED) is 0.863. The van der Waals surface area contributed by atoms with Gasteiger partial charge in [-0.1, -0.05) is 29.8 Å². The molecule has 1 atom stereocenters. The predicted octanol–water partition coefficient (Wildman–Crippen LogP) is 3.75. The van der Waals surface area contributed by atoms with Crippen molar-refractivity contribution in [1.82, 2.24) is 5.32 Å². The number of rotatable bonds is 4. The van der Waals surface area contributed by atoms with Gasteiger partial charge in [0.25, 0.3) is 0 Å². The summed E-state index contributed by atoms with van der Waals surface area (Å²) in [5.74, 6) is 1.02. The summed E-state index contributed by atoms with van der Waals surface area (Å²) in [5.41, 5.74) is 3.80. The molecule has 1 N–H and O–H groups in total. The zero-order chi connectivity index (χ0) is 12.3. The Bertz CT molecular complexity index is 470. The van der Waals surface area contributed by atoms with Crippen molar-refractivity contribution >= 4 is 0 Å². The SMILES string of the molecule is Cc1ccc([C@H](C)NCc2occc2C)cc1. The molecular weight excluding hydrogens is 210 g/mol. The first-order valence-corrected chi connectivity index (χ1v) is 6.00. The van der Waals surface area contributed by atoms with Gasteiger partial charge < -0.3 is 9.73 Å². The van der Waals surface area contributed by atoms with Crippen LogP contribution in [0.2, 0.25) is 0 Å². The van der Waals surface area contributed by atoms with Crippen molar-refractivity contribution in [3.8, 4) is 0 Å². The Hall–Kier alpha value is -1.54. The van der Waals surface area contributed by atoms with Gasteiger partial charge in [-0.05, 0) is 38.0 Å². The third-order valence-corrected chi connectivity index (χ3v) is 3.11. The summed E-state index contributed by atoms with van der Waals surface area (Å²) in [7, 11) is 0. The number of hydrogen-bond donors (Lipinski definition) is 1. The van der Waals surface area contributed by atoms with Crippen LogP contribution in [0.3, 0.4) is 0 Å². The van der Waals surface area contributed by atoms with Gasteiger partial charge in [0.15, 0.2) is 0 Å². The van der Waals surface area contributed by atoms with Gasteiger partial charge in [-0.2, -0.15) is 0 Å². The lowest BCUT2D eigenvalue weighted by Crippen LogP contribution is -2.18. The molecule has 0 fully saturated rings. The zero-order valence-electron chi connectivity index (χ0n) is 10.7. The van der Waals surface area contributed by atoms with Crippen LogP contribution in [0.15, 0.2) is 41.0 Å². The van der Waals surface area contributed by atoms with Crippen molar-refractivity contribution in [1.29, 1.82) is 0 Å². The maximum absolute atomic E-state index is 5.41. The Morgan fingerprint density at radius 2 is 1.82 bits per heavy atom. The molecule has 0 aliphatic rings. The maximum Gasteiger partial charge on any atom is 0.120 e. The van der Waals surface area contributed by atoms with E-state index in [1.54, 1.807) is 6.26 Å². The van der Waals surface area contributed by atoms with E-state index in [-0.39, 0.29) is 0 Å². The summed E-state index contributed by atoms with van der Waals surface area (Å²) in [4.78, 5) is 0. The highest BCUT2D eigenvalue weighted by molar-refractivity contribution is 5.24. The second-order valence-electron chi connectivity index (χ2n) is 4.54. The van der Waals surface area contributed by atoms with Gasteiger partial charge in [-0.15, -0.1) is 0 Å². The molecule has 2 aromatic rings. The summed E-state index contributed by atoms with van der Waals surface area (Å²) in [6.07, 6.45) is 1.74. The maximum atomic E-state index is 5.41. The molecule has 0 radical (unpaired) electrons. The average Bonchev–Trinajstić information content (AvgIpc) is 2.73. The molecule has 2 heteroatoms. The molecule has 0 unspecified atom stereocenters. The monoisotopic (exact) mass is 229 g/mol. The molecular formula is C15H19NO. The smallest absolute Gasteiger partial charge is 0.120 e. The van der Waals surface area contributed by atoms with Crippen LogP contribution in [0.4, 0.5) is 0 Å². The van der Waals surface area contributed by atoms with Gasteiger partial charge in [-0.3, -0.25) is 0 Å². The molecule has 0 aliphatic carbocycles. The van der Waals surface area contributed by atoms with Gasteiger partial charge in [0, 0.05) is 6.04 Å².